The Labute approximate surface area is 202 Å². The van der Waals surface area contributed by atoms with Crippen molar-refractivity contribution < 1.29 is 15.3 Å². The van der Waals surface area contributed by atoms with E-state index in [1.165, 1.54) is 16.7 Å². The highest BCUT2D eigenvalue weighted by Crippen LogP contribution is 2.44. The summed E-state index contributed by atoms with van der Waals surface area (Å²) in [4.78, 5) is 0. The van der Waals surface area contributed by atoms with Crippen LogP contribution in [-0.2, 0) is 18.3 Å². The van der Waals surface area contributed by atoms with Gasteiger partial charge >= 0.3 is 0 Å². The quantitative estimate of drug-likeness (QED) is 0.237. The molecule has 0 saturated heterocycles. The van der Waals surface area contributed by atoms with E-state index in [4.69, 9.17) is 0 Å². The van der Waals surface area contributed by atoms with Gasteiger partial charge in [-0.1, -0.05) is 74.0 Å². The fourth-order valence-electron chi connectivity index (χ4n) is 4.92. The fourth-order valence-corrected chi connectivity index (χ4v) is 4.92. The average molecular weight is 453 g/mol. The lowest BCUT2D eigenvalue weighted by molar-refractivity contribution is 0.472. The van der Waals surface area contributed by atoms with Gasteiger partial charge in [0.05, 0.1) is 0 Å². The molecule has 4 aromatic carbocycles. The van der Waals surface area contributed by atoms with Gasteiger partial charge in [-0.2, -0.15) is 0 Å². The van der Waals surface area contributed by atoms with Crippen molar-refractivity contribution in [1.82, 2.24) is 0 Å². The molecule has 0 saturated carbocycles. The van der Waals surface area contributed by atoms with Crippen LogP contribution < -0.4 is 0 Å². The molecule has 0 aliphatic carbocycles. The van der Waals surface area contributed by atoms with E-state index in [1.54, 1.807) is 36.4 Å². The Morgan fingerprint density at radius 1 is 0.500 bits per heavy atom. The molecule has 0 bridgehead atoms. The highest BCUT2D eigenvalue weighted by Gasteiger charge is 2.35. The van der Waals surface area contributed by atoms with E-state index in [2.05, 4.69) is 31.2 Å². The second kappa shape index (κ2) is 10.5. The molecular formula is C31H32O3. The third kappa shape index (κ3) is 5.09. The average Bonchev–Trinajstić information content (AvgIpc) is 2.85. The minimum atomic E-state index is -0.374. The van der Waals surface area contributed by atoms with Gasteiger partial charge in [0, 0.05) is 5.41 Å². The molecule has 0 aliphatic rings. The predicted octanol–water partition coefficient (Wildman–Crippen LogP) is 7.11. The summed E-state index contributed by atoms with van der Waals surface area (Å²) in [6.07, 6.45) is 4.89. The van der Waals surface area contributed by atoms with Gasteiger partial charge in [-0.05, 0) is 89.9 Å². The van der Waals surface area contributed by atoms with Crippen LogP contribution in [0, 0.1) is 0 Å². The molecule has 4 aromatic rings. The first-order valence-corrected chi connectivity index (χ1v) is 12.0. The van der Waals surface area contributed by atoms with Crippen LogP contribution in [0.4, 0.5) is 0 Å². The summed E-state index contributed by atoms with van der Waals surface area (Å²) in [6.45, 7) is 2.19. The predicted molar refractivity (Wildman–Crippen MR) is 138 cm³/mol. The summed E-state index contributed by atoms with van der Waals surface area (Å²) in [5.74, 6) is 0.810. The van der Waals surface area contributed by atoms with Crippen molar-refractivity contribution in [1.29, 1.82) is 0 Å². The molecule has 3 nitrogen and oxygen atoms in total. The Morgan fingerprint density at radius 2 is 0.824 bits per heavy atom. The van der Waals surface area contributed by atoms with Crippen molar-refractivity contribution in [2.24, 2.45) is 0 Å². The maximum absolute atomic E-state index is 9.90. The zero-order valence-corrected chi connectivity index (χ0v) is 19.6. The van der Waals surface area contributed by atoms with E-state index in [9.17, 15) is 15.3 Å². The van der Waals surface area contributed by atoms with Crippen LogP contribution >= 0.6 is 0 Å². The van der Waals surface area contributed by atoms with E-state index in [0.29, 0.717) is 5.75 Å². The monoisotopic (exact) mass is 452 g/mol. The summed E-state index contributed by atoms with van der Waals surface area (Å²) >= 11 is 0. The second-order valence-corrected chi connectivity index (χ2v) is 8.97. The SMILES string of the molecule is CCCC(c1ccc(O)cc1)(c1ccc(O)cc1)c1ccc(CCCc2ccc(O)cc2)cc1. The first kappa shape index (κ1) is 23.4. The van der Waals surface area contributed by atoms with E-state index in [-0.39, 0.29) is 16.9 Å². The maximum atomic E-state index is 9.90. The highest BCUT2D eigenvalue weighted by atomic mass is 16.3. The Bertz CT molecular complexity index is 1130. The maximum Gasteiger partial charge on any atom is 0.115 e. The Kier molecular flexibility index (Phi) is 7.22. The smallest absolute Gasteiger partial charge is 0.115 e. The van der Waals surface area contributed by atoms with Crippen molar-refractivity contribution in [3.63, 3.8) is 0 Å². The van der Waals surface area contributed by atoms with E-state index in [1.807, 2.05) is 36.4 Å². The standard InChI is InChI=1S/C31H32O3/c1-2-22-31(26-12-18-29(33)19-13-26,27-14-20-30(34)21-15-27)25-10-6-23(7-11-25)4-3-5-24-8-16-28(32)17-9-24/h6-21,32-34H,2-5,22H2,1H3. The molecule has 4 rings (SSSR count). The molecule has 0 amide bonds. The van der Waals surface area contributed by atoms with Crippen molar-refractivity contribution in [2.45, 2.75) is 44.4 Å². The van der Waals surface area contributed by atoms with E-state index >= 15 is 0 Å². The van der Waals surface area contributed by atoms with Crippen molar-refractivity contribution in [3.05, 3.63) is 125 Å². The third-order valence-electron chi connectivity index (χ3n) is 6.66. The molecule has 0 aromatic heterocycles. The Morgan fingerprint density at radius 3 is 1.21 bits per heavy atom. The first-order valence-electron chi connectivity index (χ1n) is 12.0. The number of rotatable bonds is 9. The van der Waals surface area contributed by atoms with Crippen LogP contribution in [0.2, 0.25) is 0 Å². The molecule has 174 valence electrons. The lowest BCUT2D eigenvalue weighted by atomic mass is 9.66. The number of aromatic hydroxyl groups is 3. The molecular weight excluding hydrogens is 420 g/mol. The largest absolute Gasteiger partial charge is 0.508 e. The van der Waals surface area contributed by atoms with Gasteiger partial charge in [0.1, 0.15) is 17.2 Å². The van der Waals surface area contributed by atoms with Crippen LogP contribution in [0.3, 0.4) is 0 Å². The summed E-state index contributed by atoms with van der Waals surface area (Å²) in [6, 6.07) is 31.3. The van der Waals surface area contributed by atoms with Crippen LogP contribution in [0.15, 0.2) is 97.1 Å². The molecule has 34 heavy (non-hydrogen) atoms. The lowest BCUT2D eigenvalue weighted by Crippen LogP contribution is -2.29. The molecule has 0 fully saturated rings. The molecule has 0 spiro atoms. The van der Waals surface area contributed by atoms with Gasteiger partial charge in [0.2, 0.25) is 0 Å². The topological polar surface area (TPSA) is 60.7 Å². The Hall–Kier alpha value is -3.72. The molecule has 3 heteroatoms. The third-order valence-corrected chi connectivity index (χ3v) is 6.66. The van der Waals surface area contributed by atoms with Crippen LogP contribution in [0.5, 0.6) is 17.2 Å². The van der Waals surface area contributed by atoms with Crippen LogP contribution in [-0.4, -0.2) is 15.3 Å². The number of hydrogen-bond acceptors (Lipinski definition) is 3. The molecule has 0 atom stereocenters. The van der Waals surface area contributed by atoms with Crippen molar-refractivity contribution in [2.75, 3.05) is 0 Å². The number of aryl methyl sites for hydroxylation is 2. The summed E-state index contributed by atoms with van der Waals surface area (Å²) in [5, 5.41) is 29.3. The molecule has 0 aliphatic heterocycles. The minimum Gasteiger partial charge on any atom is -0.508 e. The summed E-state index contributed by atoms with van der Waals surface area (Å²) < 4.78 is 0. The highest BCUT2D eigenvalue weighted by molar-refractivity contribution is 5.52. The molecule has 0 unspecified atom stereocenters. The summed E-state index contributed by atoms with van der Waals surface area (Å²) in [7, 11) is 0. The van der Waals surface area contributed by atoms with Crippen molar-refractivity contribution in [3.8, 4) is 17.2 Å². The molecule has 0 heterocycles. The molecule has 0 radical (unpaired) electrons. The second-order valence-electron chi connectivity index (χ2n) is 8.97. The Balaban J connectivity index is 1.63. The van der Waals surface area contributed by atoms with Gasteiger partial charge in [-0.25, -0.2) is 0 Å². The van der Waals surface area contributed by atoms with Gasteiger partial charge in [-0.3, -0.25) is 0 Å². The van der Waals surface area contributed by atoms with E-state index < -0.39 is 0 Å². The van der Waals surface area contributed by atoms with Crippen LogP contribution in [0.25, 0.3) is 0 Å². The van der Waals surface area contributed by atoms with Gasteiger partial charge in [0.25, 0.3) is 0 Å². The van der Waals surface area contributed by atoms with Gasteiger partial charge in [0.15, 0.2) is 0 Å². The zero-order chi connectivity index (χ0) is 24.0. The number of hydrogen-bond donors (Lipinski definition) is 3. The lowest BCUT2D eigenvalue weighted by Gasteiger charge is -2.36. The van der Waals surface area contributed by atoms with Crippen LogP contribution in [0.1, 0.15) is 54.0 Å². The fraction of sp³-hybridized carbons (Fsp3) is 0.226. The number of phenols is 3. The van der Waals surface area contributed by atoms with Crippen molar-refractivity contribution >= 4 is 0 Å². The van der Waals surface area contributed by atoms with Gasteiger partial charge < -0.3 is 15.3 Å². The minimum absolute atomic E-state index is 0.254. The normalized spacial score (nSPS) is 11.4. The zero-order valence-electron chi connectivity index (χ0n) is 19.6. The molecule has 3 N–H and O–H groups in total. The first-order chi connectivity index (χ1) is 16.5. The number of benzene rings is 4. The van der Waals surface area contributed by atoms with Gasteiger partial charge in [-0.15, -0.1) is 0 Å². The summed E-state index contributed by atoms with van der Waals surface area (Å²) in [5.41, 5.74) is 5.60. The van der Waals surface area contributed by atoms with E-state index in [0.717, 1.165) is 43.2 Å². The number of phenolic OH excluding ortho intramolecular Hbond substituents is 3.